The number of nitrogens with zero attached hydrogens (tertiary/aromatic N) is 2. The number of nitrogens with two attached hydrogens (primary N) is 1. The zero-order valence-corrected chi connectivity index (χ0v) is 12.4. The largest absolute Gasteiger partial charge is 0.368 e. The molecule has 1 fully saturated rings. The summed E-state index contributed by atoms with van der Waals surface area (Å²) in [6.07, 6.45) is 6.75. The van der Waals surface area contributed by atoms with Gasteiger partial charge in [0, 0.05) is 17.8 Å². The molecule has 0 radical (unpaired) electrons. The van der Waals surface area contributed by atoms with Crippen molar-refractivity contribution in [2.45, 2.75) is 38.6 Å². The Bertz CT molecular complexity index is 589. The number of benzene rings is 1. The first kappa shape index (κ1) is 13.9. The van der Waals surface area contributed by atoms with Crippen molar-refractivity contribution in [2.75, 3.05) is 11.1 Å². The molecule has 1 heterocycles. The van der Waals surface area contributed by atoms with Crippen molar-refractivity contribution in [2.24, 2.45) is 5.92 Å². The lowest BCUT2D eigenvalue weighted by Gasteiger charge is -2.28. The number of rotatable bonds is 3. The maximum Gasteiger partial charge on any atom is 0.221 e. The molecule has 0 aliphatic heterocycles. The van der Waals surface area contributed by atoms with Gasteiger partial charge in [-0.15, -0.1) is 0 Å². The highest BCUT2D eigenvalue weighted by atomic mass is 15.1. The van der Waals surface area contributed by atoms with Gasteiger partial charge in [0.15, 0.2) is 0 Å². The van der Waals surface area contributed by atoms with Crippen molar-refractivity contribution in [3.63, 3.8) is 0 Å². The van der Waals surface area contributed by atoms with E-state index in [0.29, 0.717) is 12.0 Å². The van der Waals surface area contributed by atoms with E-state index in [1.54, 1.807) is 0 Å². The molecule has 4 heteroatoms. The van der Waals surface area contributed by atoms with Gasteiger partial charge in [-0.3, -0.25) is 0 Å². The van der Waals surface area contributed by atoms with Crippen LogP contribution in [-0.4, -0.2) is 16.0 Å². The van der Waals surface area contributed by atoms with Crippen molar-refractivity contribution in [3.8, 4) is 11.1 Å². The normalized spacial score (nSPS) is 22.0. The van der Waals surface area contributed by atoms with Gasteiger partial charge in [0.1, 0.15) is 5.82 Å². The van der Waals surface area contributed by atoms with Gasteiger partial charge in [-0.1, -0.05) is 37.3 Å². The first-order chi connectivity index (χ1) is 10.2. The van der Waals surface area contributed by atoms with Crippen molar-refractivity contribution in [1.29, 1.82) is 0 Å². The molecule has 0 saturated heterocycles. The summed E-state index contributed by atoms with van der Waals surface area (Å²) in [6, 6.07) is 10.7. The molecule has 3 rings (SSSR count). The second-order valence-electron chi connectivity index (χ2n) is 5.96. The lowest BCUT2D eigenvalue weighted by Crippen LogP contribution is -2.26. The van der Waals surface area contributed by atoms with Crippen LogP contribution in [0.2, 0.25) is 0 Å². The van der Waals surface area contributed by atoms with E-state index < -0.39 is 0 Å². The highest BCUT2D eigenvalue weighted by Crippen LogP contribution is 2.30. The third-order valence-corrected chi connectivity index (χ3v) is 4.25. The molecule has 0 spiro atoms. The number of anilines is 2. The molecule has 0 bridgehead atoms. The Hall–Kier alpha value is -2.10. The summed E-state index contributed by atoms with van der Waals surface area (Å²) in [5.74, 6) is 2.02. The predicted octanol–water partition coefficient (Wildman–Crippen LogP) is 3.72. The molecule has 1 aromatic carbocycles. The average Bonchev–Trinajstić information content (AvgIpc) is 2.51. The summed E-state index contributed by atoms with van der Waals surface area (Å²) < 4.78 is 0. The summed E-state index contributed by atoms with van der Waals surface area (Å²) in [5, 5.41) is 3.58. The Morgan fingerprint density at radius 3 is 2.52 bits per heavy atom. The molecule has 4 nitrogen and oxygen atoms in total. The van der Waals surface area contributed by atoms with E-state index in [0.717, 1.165) is 22.9 Å². The van der Waals surface area contributed by atoms with Crippen LogP contribution in [0.25, 0.3) is 11.1 Å². The summed E-state index contributed by atoms with van der Waals surface area (Å²) in [6.45, 7) is 2.33. The minimum Gasteiger partial charge on any atom is -0.368 e. The lowest BCUT2D eigenvalue weighted by atomic mass is 9.87. The van der Waals surface area contributed by atoms with Crippen LogP contribution < -0.4 is 11.1 Å². The first-order valence-corrected chi connectivity index (χ1v) is 7.67. The molecule has 1 aliphatic rings. The van der Waals surface area contributed by atoms with E-state index in [4.69, 9.17) is 5.73 Å². The van der Waals surface area contributed by atoms with E-state index in [-0.39, 0.29) is 0 Å². The molecular formula is C17H22N4. The van der Waals surface area contributed by atoms with Gasteiger partial charge in [-0.25, -0.2) is 4.98 Å². The molecule has 1 aromatic heterocycles. The quantitative estimate of drug-likeness (QED) is 0.900. The number of nitrogen functional groups attached to an aromatic ring is 1. The highest BCUT2D eigenvalue weighted by Gasteiger charge is 2.20. The smallest absolute Gasteiger partial charge is 0.221 e. The number of nitrogens with one attached hydrogen (secondary N) is 1. The molecule has 0 amide bonds. The van der Waals surface area contributed by atoms with E-state index in [9.17, 15) is 0 Å². The van der Waals surface area contributed by atoms with Gasteiger partial charge < -0.3 is 11.1 Å². The van der Waals surface area contributed by atoms with Gasteiger partial charge in [-0.05, 0) is 37.2 Å². The summed E-state index contributed by atoms with van der Waals surface area (Å²) in [7, 11) is 0. The van der Waals surface area contributed by atoms with Crippen LogP contribution in [0.15, 0.2) is 36.5 Å². The van der Waals surface area contributed by atoms with Crippen LogP contribution in [0, 0.1) is 5.92 Å². The Labute approximate surface area is 125 Å². The second kappa shape index (κ2) is 6.12. The molecule has 2 aromatic rings. The fraction of sp³-hybridized carbons (Fsp3) is 0.412. The van der Waals surface area contributed by atoms with Crippen molar-refractivity contribution >= 4 is 11.8 Å². The number of hydrogen-bond donors (Lipinski definition) is 2. The predicted molar refractivity (Wildman–Crippen MR) is 86.9 cm³/mol. The fourth-order valence-corrected chi connectivity index (χ4v) is 2.93. The van der Waals surface area contributed by atoms with Gasteiger partial charge in [0.05, 0.1) is 0 Å². The van der Waals surface area contributed by atoms with Crippen LogP contribution >= 0.6 is 0 Å². The SMILES string of the molecule is C[C@H]1CC[C@H](Nc2nc(N)ncc2-c2ccccc2)CC1. The topological polar surface area (TPSA) is 63.8 Å². The maximum atomic E-state index is 5.77. The highest BCUT2D eigenvalue weighted by molar-refractivity contribution is 5.75. The molecule has 0 unspecified atom stereocenters. The fourth-order valence-electron chi connectivity index (χ4n) is 2.93. The average molecular weight is 282 g/mol. The van der Waals surface area contributed by atoms with E-state index >= 15 is 0 Å². The van der Waals surface area contributed by atoms with E-state index in [1.807, 2.05) is 24.4 Å². The van der Waals surface area contributed by atoms with Crippen LogP contribution in [0.1, 0.15) is 32.6 Å². The minimum absolute atomic E-state index is 0.321. The molecule has 21 heavy (non-hydrogen) atoms. The summed E-state index contributed by atoms with van der Waals surface area (Å²) in [4.78, 5) is 8.57. The zero-order valence-electron chi connectivity index (χ0n) is 12.4. The number of aromatic nitrogens is 2. The monoisotopic (exact) mass is 282 g/mol. The first-order valence-electron chi connectivity index (χ1n) is 7.67. The lowest BCUT2D eigenvalue weighted by molar-refractivity contribution is 0.361. The van der Waals surface area contributed by atoms with Crippen molar-refractivity contribution in [1.82, 2.24) is 9.97 Å². The molecule has 0 atom stereocenters. The third-order valence-electron chi connectivity index (χ3n) is 4.25. The molecule has 1 saturated carbocycles. The summed E-state index contributed by atoms with van der Waals surface area (Å²) in [5.41, 5.74) is 7.90. The maximum absolute atomic E-state index is 5.77. The third kappa shape index (κ3) is 3.32. The van der Waals surface area contributed by atoms with E-state index in [2.05, 4.69) is 34.3 Å². The molecule has 3 N–H and O–H groups in total. The molecular weight excluding hydrogens is 260 g/mol. The van der Waals surface area contributed by atoms with Crippen molar-refractivity contribution < 1.29 is 0 Å². The molecule has 1 aliphatic carbocycles. The molecule has 110 valence electrons. The Balaban J connectivity index is 1.85. The Morgan fingerprint density at radius 2 is 1.81 bits per heavy atom. The summed E-state index contributed by atoms with van der Waals surface area (Å²) >= 11 is 0. The van der Waals surface area contributed by atoms with Crippen LogP contribution in [0.5, 0.6) is 0 Å². The van der Waals surface area contributed by atoms with Crippen LogP contribution in [0.4, 0.5) is 11.8 Å². The standard InChI is InChI=1S/C17H22N4/c1-12-7-9-14(10-8-12)20-16-15(11-19-17(18)21-16)13-5-3-2-4-6-13/h2-6,11-12,14H,7-10H2,1H3,(H3,18,19,20,21)/t12-,14-. The van der Waals surface area contributed by atoms with Gasteiger partial charge >= 0.3 is 0 Å². The van der Waals surface area contributed by atoms with Crippen LogP contribution in [-0.2, 0) is 0 Å². The van der Waals surface area contributed by atoms with Gasteiger partial charge in [0.25, 0.3) is 0 Å². The zero-order chi connectivity index (χ0) is 14.7. The van der Waals surface area contributed by atoms with Crippen molar-refractivity contribution in [3.05, 3.63) is 36.5 Å². The minimum atomic E-state index is 0.321. The Morgan fingerprint density at radius 1 is 1.10 bits per heavy atom. The Kier molecular flexibility index (Phi) is 4.04. The number of hydrogen-bond acceptors (Lipinski definition) is 4. The second-order valence-corrected chi connectivity index (χ2v) is 5.96. The van der Waals surface area contributed by atoms with E-state index in [1.165, 1.54) is 25.7 Å². The van der Waals surface area contributed by atoms with Gasteiger partial charge in [-0.2, -0.15) is 4.98 Å². The van der Waals surface area contributed by atoms with Crippen LogP contribution in [0.3, 0.4) is 0 Å². The van der Waals surface area contributed by atoms with Gasteiger partial charge in [0.2, 0.25) is 5.95 Å².